The highest BCUT2D eigenvalue weighted by Crippen LogP contribution is 2.29. The number of ether oxygens (including phenoxy) is 1. The Morgan fingerprint density at radius 2 is 2.06 bits per heavy atom. The molecule has 1 amide bonds. The molecule has 3 N–H and O–H groups in total. The number of hydrogen-bond donors (Lipinski definition) is 2. The van der Waals surface area contributed by atoms with E-state index in [4.69, 9.17) is 15.0 Å². The number of nitrogens with two attached hydrogens (primary N) is 1. The number of carbonyl (C=O) groups is 1. The van der Waals surface area contributed by atoms with Crippen LogP contribution in [0.3, 0.4) is 0 Å². The highest BCUT2D eigenvalue weighted by Gasteiger charge is 2.21. The molecule has 0 saturated heterocycles. The van der Waals surface area contributed by atoms with Gasteiger partial charge in [0.05, 0.1) is 35.3 Å². The highest BCUT2D eigenvalue weighted by atomic mass is 32.2. The number of aryl methyl sites for hydroxylation is 1. The Labute approximate surface area is 183 Å². The summed E-state index contributed by atoms with van der Waals surface area (Å²) in [5, 5.41) is 11.1. The fourth-order valence-corrected chi connectivity index (χ4v) is 4.23. The first kappa shape index (κ1) is 22.7. The number of anilines is 1. The summed E-state index contributed by atoms with van der Waals surface area (Å²) in [4.78, 5) is 12.5. The number of aromatic nitrogens is 3. The molecule has 0 saturated carbocycles. The van der Waals surface area contributed by atoms with Gasteiger partial charge in [0.1, 0.15) is 11.5 Å². The monoisotopic (exact) mass is 466 g/mol. The van der Waals surface area contributed by atoms with Gasteiger partial charge in [-0.3, -0.25) is 4.79 Å². The zero-order chi connectivity index (χ0) is 22.8. The molecule has 2 aromatic heterocycles. The maximum absolute atomic E-state index is 12.5. The number of carbonyl (C=O) groups excluding carboxylic acids is 1. The summed E-state index contributed by atoms with van der Waals surface area (Å²) in [6, 6.07) is 5.97. The molecule has 0 fully saturated rings. The number of furan rings is 1. The lowest BCUT2D eigenvalue weighted by molar-refractivity contribution is -0.113. The normalized spacial score (nSPS) is 11.6. The Balaban J connectivity index is 1.73. The molecule has 0 aliphatic heterocycles. The van der Waals surface area contributed by atoms with Crippen molar-refractivity contribution in [3.8, 4) is 17.1 Å². The summed E-state index contributed by atoms with van der Waals surface area (Å²) in [5.74, 6) is 7.01. The summed E-state index contributed by atoms with van der Waals surface area (Å²) in [6.07, 6.45) is 1.53. The molecule has 0 bridgehead atoms. The second-order valence-corrected chi connectivity index (χ2v) is 9.65. The minimum Gasteiger partial charge on any atom is -0.495 e. The zero-order valence-electron chi connectivity index (χ0n) is 17.3. The van der Waals surface area contributed by atoms with E-state index in [0.29, 0.717) is 28.1 Å². The van der Waals surface area contributed by atoms with Crippen molar-refractivity contribution in [3.05, 3.63) is 36.3 Å². The van der Waals surface area contributed by atoms with Crippen LogP contribution in [0.15, 0.2) is 45.0 Å². The Morgan fingerprint density at radius 1 is 1.32 bits per heavy atom. The summed E-state index contributed by atoms with van der Waals surface area (Å²) in [6.45, 7) is 1.78. The first-order chi connectivity index (χ1) is 14.6. The smallest absolute Gasteiger partial charge is 0.242 e. The Morgan fingerprint density at radius 3 is 2.68 bits per heavy atom. The van der Waals surface area contributed by atoms with Crippen molar-refractivity contribution in [2.75, 3.05) is 38.1 Å². The van der Waals surface area contributed by atoms with Gasteiger partial charge in [0.2, 0.25) is 21.1 Å². The van der Waals surface area contributed by atoms with Crippen molar-refractivity contribution in [1.29, 1.82) is 0 Å². The lowest BCUT2D eigenvalue weighted by atomic mass is 10.2. The molecule has 1 aromatic carbocycles. The van der Waals surface area contributed by atoms with Gasteiger partial charge in [-0.05, 0) is 31.2 Å². The molecule has 0 unspecified atom stereocenters. The molecule has 3 aromatic rings. The van der Waals surface area contributed by atoms with Crippen LogP contribution in [0, 0.1) is 6.92 Å². The number of benzene rings is 1. The van der Waals surface area contributed by atoms with Crippen LogP contribution in [0.25, 0.3) is 11.4 Å². The number of amides is 1. The third kappa shape index (κ3) is 4.68. The van der Waals surface area contributed by atoms with Gasteiger partial charge in [0, 0.05) is 14.1 Å². The van der Waals surface area contributed by atoms with Gasteiger partial charge < -0.3 is 20.3 Å². The number of thioether (sulfide) groups is 1. The number of nitrogens with zero attached hydrogens (tertiary/aromatic N) is 4. The van der Waals surface area contributed by atoms with E-state index >= 15 is 0 Å². The van der Waals surface area contributed by atoms with E-state index < -0.39 is 15.9 Å². The van der Waals surface area contributed by atoms with Crippen molar-refractivity contribution in [2.24, 2.45) is 0 Å². The second kappa shape index (κ2) is 8.99. The lowest BCUT2D eigenvalue weighted by Crippen LogP contribution is -2.22. The predicted octanol–water partition coefficient (Wildman–Crippen LogP) is 1.55. The topological polar surface area (TPSA) is 146 Å². The van der Waals surface area contributed by atoms with Crippen LogP contribution < -0.4 is 15.9 Å². The zero-order valence-corrected chi connectivity index (χ0v) is 19.0. The van der Waals surface area contributed by atoms with Gasteiger partial charge in [-0.25, -0.2) is 17.4 Å². The molecule has 31 heavy (non-hydrogen) atoms. The molecule has 0 aliphatic rings. The van der Waals surface area contributed by atoms with Crippen LogP contribution in [-0.4, -0.2) is 60.5 Å². The maximum Gasteiger partial charge on any atom is 0.242 e. The number of hydrogen-bond acceptors (Lipinski definition) is 9. The van der Waals surface area contributed by atoms with E-state index in [1.54, 1.807) is 13.0 Å². The van der Waals surface area contributed by atoms with Crippen molar-refractivity contribution in [1.82, 2.24) is 19.2 Å². The minimum absolute atomic E-state index is 0.0306. The van der Waals surface area contributed by atoms with Crippen molar-refractivity contribution in [2.45, 2.75) is 17.0 Å². The van der Waals surface area contributed by atoms with E-state index in [2.05, 4.69) is 15.5 Å². The van der Waals surface area contributed by atoms with Crippen LogP contribution in [0.2, 0.25) is 0 Å². The molecule has 0 spiro atoms. The molecule has 0 atom stereocenters. The molecular weight excluding hydrogens is 444 g/mol. The molecule has 2 heterocycles. The van der Waals surface area contributed by atoms with E-state index in [0.717, 1.165) is 16.1 Å². The second-order valence-electron chi connectivity index (χ2n) is 6.55. The first-order valence-electron chi connectivity index (χ1n) is 8.93. The number of sulfonamides is 1. The molecule has 0 aliphatic carbocycles. The van der Waals surface area contributed by atoms with E-state index in [1.165, 1.54) is 50.3 Å². The first-order valence-corrected chi connectivity index (χ1v) is 11.4. The summed E-state index contributed by atoms with van der Waals surface area (Å²) in [7, 11) is 0.613. The maximum atomic E-state index is 12.5. The van der Waals surface area contributed by atoms with Gasteiger partial charge in [-0.15, -0.1) is 10.2 Å². The van der Waals surface area contributed by atoms with Crippen molar-refractivity contribution >= 4 is 33.4 Å². The quantitative estimate of drug-likeness (QED) is 0.373. The van der Waals surface area contributed by atoms with Crippen molar-refractivity contribution in [3.63, 3.8) is 0 Å². The third-order valence-electron chi connectivity index (χ3n) is 4.32. The van der Waals surface area contributed by atoms with Gasteiger partial charge in [-0.2, -0.15) is 0 Å². The standard InChI is InChI=1S/C18H22N6O5S2/c1-11-13(7-8-29-11)17-21-22-18(24(17)19)30-10-16(25)20-14-9-12(5-6-15(14)28-4)31(26,27)23(2)3/h5-9H,10,19H2,1-4H3,(H,20,25). The third-order valence-corrected chi connectivity index (χ3v) is 7.07. The van der Waals surface area contributed by atoms with Gasteiger partial charge in [0.15, 0.2) is 5.82 Å². The van der Waals surface area contributed by atoms with Crippen LogP contribution in [-0.2, 0) is 14.8 Å². The number of rotatable bonds is 8. The summed E-state index contributed by atoms with van der Waals surface area (Å²) in [5.41, 5.74) is 0.940. The van der Waals surface area contributed by atoms with Crippen molar-refractivity contribution < 1.29 is 22.4 Å². The molecule has 3 rings (SSSR count). The Hall–Kier alpha value is -3.03. The van der Waals surface area contributed by atoms with Crippen LogP contribution >= 0.6 is 11.8 Å². The molecule has 13 heteroatoms. The number of nitrogen functional groups attached to an aromatic ring is 1. The molecular formula is C18H22N6O5S2. The largest absolute Gasteiger partial charge is 0.495 e. The highest BCUT2D eigenvalue weighted by molar-refractivity contribution is 7.99. The van der Waals surface area contributed by atoms with Crippen LogP contribution in [0.1, 0.15) is 5.76 Å². The predicted molar refractivity (Wildman–Crippen MR) is 116 cm³/mol. The lowest BCUT2D eigenvalue weighted by Gasteiger charge is -2.15. The molecule has 11 nitrogen and oxygen atoms in total. The van der Waals surface area contributed by atoms with E-state index in [1.807, 2.05) is 0 Å². The average molecular weight is 467 g/mol. The molecule has 166 valence electrons. The van der Waals surface area contributed by atoms with Gasteiger partial charge >= 0.3 is 0 Å². The minimum atomic E-state index is -3.67. The molecule has 0 radical (unpaired) electrons. The summed E-state index contributed by atoms with van der Waals surface area (Å²) >= 11 is 1.08. The fraction of sp³-hybridized carbons (Fsp3) is 0.278. The number of methoxy groups -OCH3 is 1. The van der Waals surface area contributed by atoms with E-state index in [9.17, 15) is 13.2 Å². The fourth-order valence-electron chi connectivity index (χ4n) is 2.65. The Kier molecular flexibility index (Phi) is 6.57. The van der Waals surface area contributed by atoms with E-state index in [-0.39, 0.29) is 16.3 Å². The van der Waals surface area contributed by atoms with Gasteiger partial charge in [-0.1, -0.05) is 11.8 Å². The summed E-state index contributed by atoms with van der Waals surface area (Å²) < 4.78 is 37.6. The van der Waals surface area contributed by atoms with Crippen LogP contribution in [0.5, 0.6) is 5.75 Å². The van der Waals surface area contributed by atoms with Gasteiger partial charge in [0.25, 0.3) is 0 Å². The SMILES string of the molecule is COc1ccc(S(=O)(=O)N(C)C)cc1NC(=O)CSc1nnc(-c2ccoc2C)n1N. The Bertz CT molecular complexity index is 1200. The van der Waals surface area contributed by atoms with Crippen LogP contribution in [0.4, 0.5) is 5.69 Å². The average Bonchev–Trinajstić information content (AvgIpc) is 3.31. The number of nitrogens with one attached hydrogen (secondary N) is 1.